The molecule has 6 rings (SSSR count). The summed E-state index contributed by atoms with van der Waals surface area (Å²) in [6, 6.07) is 50.5. The Balaban J connectivity index is 1.15. The third-order valence-electron chi connectivity index (χ3n) is 7.90. The molecule has 0 amide bonds. The predicted molar refractivity (Wildman–Crippen MR) is 190 cm³/mol. The molecule has 230 valence electrons. The first kappa shape index (κ1) is 31.1. The Kier molecular flexibility index (Phi) is 10.1. The van der Waals surface area contributed by atoms with E-state index in [1.165, 1.54) is 50.1 Å². The highest BCUT2D eigenvalue weighted by Gasteiger charge is 2.20. The quantitative estimate of drug-likeness (QED) is 0.127. The second-order valence-corrected chi connectivity index (χ2v) is 12.9. The third-order valence-corrected chi connectivity index (χ3v) is 8.98. The van der Waals surface area contributed by atoms with Crippen LogP contribution in [0.25, 0.3) is 0 Å². The Labute approximate surface area is 274 Å². The fourth-order valence-electron chi connectivity index (χ4n) is 5.14. The second kappa shape index (κ2) is 15.0. The summed E-state index contributed by atoms with van der Waals surface area (Å²) in [5.74, 6) is 2.10. The van der Waals surface area contributed by atoms with E-state index in [1.54, 1.807) is 0 Å². The molecule has 6 aromatic carbocycles. The first-order valence-corrected chi connectivity index (χ1v) is 16.8. The van der Waals surface area contributed by atoms with Crippen LogP contribution in [0.1, 0.15) is 50.1 Å². The van der Waals surface area contributed by atoms with Crippen LogP contribution < -0.4 is 13.6 Å². The number of rotatable bonds is 12. The standard InChI is InChI=1S/C42H39O3P/c1-31-4-10-34(11-5-31)28-37-16-22-40(23-17-37)43-46(44-41-24-18-38(19-25-41)29-35-12-6-32(2)7-13-35)45-42-26-20-39(21-27-42)30-36-14-8-33(3)9-15-36/h4-27H,28-30H2,1-3H3. The minimum Gasteiger partial charge on any atom is -0.409 e. The Morgan fingerprint density at radius 2 is 0.500 bits per heavy atom. The number of hydrogen-bond acceptors (Lipinski definition) is 3. The minimum atomic E-state index is -1.77. The van der Waals surface area contributed by atoms with Crippen molar-refractivity contribution < 1.29 is 13.6 Å². The van der Waals surface area contributed by atoms with Crippen molar-refractivity contribution in [3.8, 4) is 17.2 Å². The molecule has 0 heterocycles. The Morgan fingerprint density at radius 1 is 0.304 bits per heavy atom. The summed E-state index contributed by atoms with van der Waals surface area (Å²) in [6.45, 7) is 6.33. The molecule has 0 bridgehead atoms. The monoisotopic (exact) mass is 622 g/mol. The van der Waals surface area contributed by atoms with E-state index >= 15 is 0 Å². The van der Waals surface area contributed by atoms with E-state index in [-0.39, 0.29) is 0 Å². The summed E-state index contributed by atoms with van der Waals surface area (Å²) in [7, 11) is -1.77. The normalized spacial score (nSPS) is 11.0. The molecular formula is C42H39O3P. The van der Waals surface area contributed by atoms with Gasteiger partial charge in [-0.15, -0.1) is 0 Å². The van der Waals surface area contributed by atoms with E-state index < -0.39 is 8.60 Å². The molecule has 0 N–H and O–H groups in total. The molecule has 4 heteroatoms. The van der Waals surface area contributed by atoms with Crippen LogP contribution in [-0.4, -0.2) is 0 Å². The van der Waals surface area contributed by atoms with Gasteiger partial charge in [0.1, 0.15) is 17.2 Å². The highest BCUT2D eigenvalue weighted by molar-refractivity contribution is 7.43. The topological polar surface area (TPSA) is 27.7 Å². The molecule has 0 spiro atoms. The average Bonchev–Trinajstić information content (AvgIpc) is 3.07. The molecule has 0 saturated heterocycles. The zero-order valence-electron chi connectivity index (χ0n) is 26.6. The van der Waals surface area contributed by atoms with Crippen LogP contribution in [-0.2, 0) is 19.3 Å². The second-order valence-electron chi connectivity index (χ2n) is 11.9. The molecule has 0 atom stereocenters. The van der Waals surface area contributed by atoms with E-state index in [1.807, 2.05) is 36.4 Å². The zero-order chi connectivity index (χ0) is 31.7. The Hall–Kier alpha value is -4.85. The highest BCUT2D eigenvalue weighted by atomic mass is 31.2. The summed E-state index contributed by atoms with van der Waals surface area (Å²) in [5, 5.41) is 0. The van der Waals surface area contributed by atoms with Gasteiger partial charge in [0.25, 0.3) is 0 Å². The van der Waals surface area contributed by atoms with E-state index in [0.717, 1.165) is 19.3 Å². The Morgan fingerprint density at radius 3 is 0.717 bits per heavy atom. The SMILES string of the molecule is Cc1ccc(Cc2ccc(OP(Oc3ccc(Cc4ccc(C)cc4)cc3)Oc3ccc(Cc4ccc(C)cc4)cc3)cc2)cc1. The summed E-state index contributed by atoms with van der Waals surface area (Å²) < 4.78 is 19.0. The smallest absolute Gasteiger partial charge is 0.409 e. The van der Waals surface area contributed by atoms with Gasteiger partial charge < -0.3 is 13.6 Å². The molecule has 0 aliphatic carbocycles. The van der Waals surface area contributed by atoms with Gasteiger partial charge in [-0.1, -0.05) is 126 Å². The van der Waals surface area contributed by atoms with E-state index in [0.29, 0.717) is 17.2 Å². The largest absolute Gasteiger partial charge is 0.530 e. The van der Waals surface area contributed by atoms with Crippen LogP contribution >= 0.6 is 8.60 Å². The zero-order valence-corrected chi connectivity index (χ0v) is 27.5. The summed E-state index contributed by atoms with van der Waals surface area (Å²) in [6.07, 6.45) is 2.60. The minimum absolute atomic E-state index is 0.700. The first-order valence-electron chi connectivity index (χ1n) is 15.7. The van der Waals surface area contributed by atoms with Crippen molar-refractivity contribution in [2.24, 2.45) is 0 Å². The van der Waals surface area contributed by atoms with Gasteiger partial charge in [0.05, 0.1) is 0 Å². The van der Waals surface area contributed by atoms with Gasteiger partial charge in [0.2, 0.25) is 0 Å². The average molecular weight is 623 g/mol. The molecule has 0 fully saturated rings. The van der Waals surface area contributed by atoms with Gasteiger partial charge in [0.15, 0.2) is 0 Å². The maximum atomic E-state index is 6.34. The lowest BCUT2D eigenvalue weighted by Gasteiger charge is -2.18. The first-order chi connectivity index (χ1) is 22.4. The van der Waals surface area contributed by atoms with Gasteiger partial charge in [-0.05, 0) is 110 Å². The highest BCUT2D eigenvalue weighted by Crippen LogP contribution is 2.42. The van der Waals surface area contributed by atoms with Gasteiger partial charge in [-0.25, -0.2) is 0 Å². The fraction of sp³-hybridized carbons (Fsp3) is 0.143. The van der Waals surface area contributed by atoms with Crippen LogP contribution in [0.5, 0.6) is 17.2 Å². The van der Waals surface area contributed by atoms with Crippen LogP contribution in [0.4, 0.5) is 0 Å². The predicted octanol–water partition coefficient (Wildman–Crippen LogP) is 11.1. The lowest BCUT2D eigenvalue weighted by molar-refractivity contribution is 0.388. The van der Waals surface area contributed by atoms with Crippen LogP contribution in [0.2, 0.25) is 0 Å². The molecular weight excluding hydrogens is 583 g/mol. The van der Waals surface area contributed by atoms with Gasteiger partial charge in [-0.2, -0.15) is 0 Å². The number of aryl methyl sites for hydroxylation is 3. The fourth-order valence-corrected chi connectivity index (χ4v) is 6.14. The Bertz CT molecular complexity index is 1590. The van der Waals surface area contributed by atoms with Crippen molar-refractivity contribution in [3.63, 3.8) is 0 Å². The summed E-state index contributed by atoms with van der Waals surface area (Å²) in [4.78, 5) is 0. The lowest BCUT2D eigenvalue weighted by Crippen LogP contribution is -2.03. The van der Waals surface area contributed by atoms with E-state index in [4.69, 9.17) is 13.6 Å². The van der Waals surface area contributed by atoms with E-state index in [2.05, 4.69) is 130 Å². The number of hydrogen-bond donors (Lipinski definition) is 0. The maximum Gasteiger partial charge on any atom is 0.530 e. The molecule has 0 unspecified atom stereocenters. The van der Waals surface area contributed by atoms with Crippen LogP contribution in [0.15, 0.2) is 146 Å². The third kappa shape index (κ3) is 9.10. The van der Waals surface area contributed by atoms with Crippen molar-refractivity contribution in [1.29, 1.82) is 0 Å². The van der Waals surface area contributed by atoms with Crippen LogP contribution in [0, 0.1) is 20.8 Å². The molecule has 46 heavy (non-hydrogen) atoms. The summed E-state index contributed by atoms with van der Waals surface area (Å²) in [5.41, 5.74) is 11.3. The van der Waals surface area contributed by atoms with Crippen molar-refractivity contribution in [1.82, 2.24) is 0 Å². The molecule has 0 aromatic heterocycles. The number of benzene rings is 6. The maximum absolute atomic E-state index is 6.34. The van der Waals surface area contributed by atoms with E-state index in [9.17, 15) is 0 Å². The molecule has 6 aromatic rings. The molecule has 0 aliphatic rings. The molecule has 3 nitrogen and oxygen atoms in total. The molecule has 0 radical (unpaired) electrons. The van der Waals surface area contributed by atoms with Gasteiger partial charge in [0, 0.05) is 0 Å². The molecule has 0 aliphatic heterocycles. The van der Waals surface area contributed by atoms with Crippen molar-refractivity contribution in [3.05, 3.63) is 196 Å². The molecule has 0 saturated carbocycles. The van der Waals surface area contributed by atoms with Gasteiger partial charge >= 0.3 is 8.60 Å². The van der Waals surface area contributed by atoms with Crippen LogP contribution in [0.3, 0.4) is 0 Å². The van der Waals surface area contributed by atoms with Crippen molar-refractivity contribution in [2.45, 2.75) is 40.0 Å². The van der Waals surface area contributed by atoms with Crippen molar-refractivity contribution in [2.75, 3.05) is 0 Å². The van der Waals surface area contributed by atoms with Crippen molar-refractivity contribution >= 4 is 8.60 Å². The summed E-state index contributed by atoms with van der Waals surface area (Å²) >= 11 is 0. The van der Waals surface area contributed by atoms with Gasteiger partial charge in [-0.3, -0.25) is 0 Å². The lowest BCUT2D eigenvalue weighted by atomic mass is 10.0.